The van der Waals surface area contributed by atoms with Crippen LogP contribution in [0.4, 0.5) is 10.1 Å². The summed E-state index contributed by atoms with van der Waals surface area (Å²) in [7, 11) is 0. The molecule has 7 rings (SSSR count). The summed E-state index contributed by atoms with van der Waals surface area (Å²) in [6.45, 7) is 6.38. The maximum atomic E-state index is 14.7. The number of amides is 1. The molecule has 5 aromatic rings. The van der Waals surface area contributed by atoms with E-state index in [0.29, 0.717) is 50.7 Å². The van der Waals surface area contributed by atoms with Gasteiger partial charge in [0.1, 0.15) is 18.2 Å². The molecule has 2 aliphatic rings. The van der Waals surface area contributed by atoms with Gasteiger partial charge in [-0.1, -0.05) is 36.9 Å². The molecule has 45 heavy (non-hydrogen) atoms. The summed E-state index contributed by atoms with van der Waals surface area (Å²) >= 11 is 1.61. The fraction of sp³-hybridized carbons (Fsp3) is 0.194. The summed E-state index contributed by atoms with van der Waals surface area (Å²) < 4.78 is 27.6. The van der Waals surface area contributed by atoms with Gasteiger partial charge in [0.15, 0.2) is 0 Å². The summed E-state index contributed by atoms with van der Waals surface area (Å²) in [5, 5.41) is 6.58. The van der Waals surface area contributed by atoms with Gasteiger partial charge in [-0.15, -0.1) is 11.3 Å². The van der Waals surface area contributed by atoms with Gasteiger partial charge in [-0.25, -0.2) is 9.37 Å². The minimum atomic E-state index is -0.389. The fourth-order valence-corrected chi connectivity index (χ4v) is 6.87. The standard InChI is InChI=1S/C36H31FN4O3S/c1-2-32(42)41-14-11-29-24(22-41)19-23(21-39-29)34-33-27-10-9-25(37)20-31(27)44-17-16-43-15-6-5-13-38-30-8-4-3-7-26(30)35(40-34)28-12-18-45-36(28)33/h2-10,12,18-21,38H,1,11,13-17,22H2/b6-5+. The third kappa shape index (κ3) is 5.72. The van der Waals surface area contributed by atoms with E-state index in [2.05, 4.69) is 41.5 Å². The van der Waals surface area contributed by atoms with Crippen LogP contribution in [0.1, 0.15) is 11.3 Å². The van der Waals surface area contributed by atoms with Crippen molar-refractivity contribution in [1.82, 2.24) is 14.9 Å². The van der Waals surface area contributed by atoms with Crippen molar-refractivity contribution in [3.8, 4) is 39.4 Å². The monoisotopic (exact) mass is 618 g/mol. The molecule has 226 valence electrons. The van der Waals surface area contributed by atoms with Crippen molar-refractivity contribution >= 4 is 33.0 Å². The molecule has 0 saturated carbocycles. The van der Waals surface area contributed by atoms with Crippen LogP contribution in [0, 0.1) is 5.82 Å². The molecule has 5 heterocycles. The van der Waals surface area contributed by atoms with Crippen molar-refractivity contribution in [3.63, 3.8) is 0 Å². The van der Waals surface area contributed by atoms with Gasteiger partial charge in [0.2, 0.25) is 5.91 Å². The van der Waals surface area contributed by atoms with Gasteiger partial charge < -0.3 is 19.7 Å². The summed E-state index contributed by atoms with van der Waals surface area (Å²) in [6.07, 6.45) is 7.87. The number of hydrogen-bond donors (Lipinski definition) is 1. The van der Waals surface area contributed by atoms with Crippen LogP contribution in [0.25, 0.3) is 43.7 Å². The van der Waals surface area contributed by atoms with E-state index < -0.39 is 0 Å². The zero-order valence-electron chi connectivity index (χ0n) is 24.6. The second-order valence-electron chi connectivity index (χ2n) is 10.9. The molecule has 2 aliphatic heterocycles. The Hall–Kier alpha value is -4.86. The molecular formula is C36H31FN4O3S. The quantitative estimate of drug-likeness (QED) is 0.166. The van der Waals surface area contributed by atoms with Crippen molar-refractivity contribution in [3.05, 3.63) is 108 Å². The van der Waals surface area contributed by atoms with Gasteiger partial charge in [-0.3, -0.25) is 9.78 Å². The predicted molar refractivity (Wildman–Crippen MR) is 177 cm³/mol. The van der Waals surface area contributed by atoms with E-state index in [1.165, 1.54) is 18.2 Å². The van der Waals surface area contributed by atoms with Crippen LogP contribution in [0.15, 0.2) is 91.0 Å². The number of aromatic nitrogens is 2. The van der Waals surface area contributed by atoms with Gasteiger partial charge in [-0.2, -0.15) is 0 Å². The minimum Gasteiger partial charge on any atom is -0.490 e. The van der Waals surface area contributed by atoms with Gasteiger partial charge in [-0.05, 0) is 47.4 Å². The number of anilines is 1. The highest BCUT2D eigenvalue weighted by molar-refractivity contribution is 7.18. The number of nitrogens with one attached hydrogen (secondary N) is 1. The van der Waals surface area contributed by atoms with E-state index in [1.54, 1.807) is 22.3 Å². The number of carbonyl (C=O) groups is 1. The second-order valence-corrected chi connectivity index (χ2v) is 11.8. The van der Waals surface area contributed by atoms with Crippen molar-refractivity contribution in [2.75, 3.05) is 38.2 Å². The Balaban J connectivity index is 1.49. The maximum absolute atomic E-state index is 14.7. The molecule has 0 saturated heterocycles. The lowest BCUT2D eigenvalue weighted by atomic mass is 9.94. The highest BCUT2D eigenvalue weighted by Crippen LogP contribution is 2.47. The molecule has 3 aromatic heterocycles. The summed E-state index contributed by atoms with van der Waals surface area (Å²) in [4.78, 5) is 24.5. The predicted octanol–water partition coefficient (Wildman–Crippen LogP) is 7.28. The van der Waals surface area contributed by atoms with E-state index >= 15 is 0 Å². The van der Waals surface area contributed by atoms with E-state index in [-0.39, 0.29) is 18.3 Å². The lowest BCUT2D eigenvalue weighted by Gasteiger charge is -2.27. The molecule has 0 spiro atoms. The molecule has 1 N–H and O–H groups in total. The largest absolute Gasteiger partial charge is 0.490 e. The fourth-order valence-electron chi connectivity index (χ4n) is 5.91. The molecular weight excluding hydrogens is 587 g/mol. The molecule has 0 atom stereocenters. The number of hydrogen-bond acceptors (Lipinski definition) is 7. The summed E-state index contributed by atoms with van der Waals surface area (Å²) in [5.74, 6) is -0.0775. The van der Waals surface area contributed by atoms with Gasteiger partial charge in [0.05, 0.1) is 24.6 Å². The number of benzene rings is 2. The lowest BCUT2D eigenvalue weighted by molar-refractivity contribution is -0.126. The normalized spacial score (nSPS) is 15.6. The number of para-hydroxylation sites is 1. The third-order valence-electron chi connectivity index (χ3n) is 8.08. The molecule has 1 amide bonds. The van der Waals surface area contributed by atoms with Crippen LogP contribution in [0.3, 0.4) is 0 Å². The molecule has 0 unspecified atom stereocenters. The second kappa shape index (κ2) is 12.6. The maximum Gasteiger partial charge on any atom is 0.246 e. The molecule has 0 fully saturated rings. The Kier molecular flexibility index (Phi) is 8.11. The van der Waals surface area contributed by atoms with Crippen LogP contribution in [0.5, 0.6) is 5.75 Å². The van der Waals surface area contributed by atoms with E-state index in [4.69, 9.17) is 19.4 Å². The Bertz CT molecular complexity index is 1950. The molecule has 7 nitrogen and oxygen atoms in total. The first kappa shape index (κ1) is 28.9. The lowest BCUT2D eigenvalue weighted by Crippen LogP contribution is -2.35. The highest BCUT2D eigenvalue weighted by Gasteiger charge is 2.25. The minimum absolute atomic E-state index is 0.104. The van der Waals surface area contributed by atoms with E-state index in [9.17, 15) is 9.18 Å². The number of pyridine rings is 2. The SMILES string of the molecule is C=CC(=O)N1CCc2ncc(-c3nc4c5ccsc5c3-c3ccc(F)cc3OCCOC/C=C/CNc3ccccc3-4)cc2C1. The molecule has 2 bridgehead atoms. The number of nitrogens with zero attached hydrogens (tertiary/aromatic N) is 3. The number of halogens is 1. The molecule has 0 aliphatic carbocycles. The van der Waals surface area contributed by atoms with Crippen LogP contribution >= 0.6 is 11.3 Å². The summed E-state index contributed by atoms with van der Waals surface area (Å²) in [5.41, 5.74) is 7.76. The molecule has 9 heteroatoms. The topological polar surface area (TPSA) is 76.6 Å². The van der Waals surface area contributed by atoms with Gasteiger partial charge >= 0.3 is 0 Å². The van der Waals surface area contributed by atoms with E-state index in [1.807, 2.05) is 30.5 Å². The van der Waals surface area contributed by atoms with Crippen molar-refractivity contribution < 1.29 is 18.7 Å². The van der Waals surface area contributed by atoms with Crippen LogP contribution in [0.2, 0.25) is 0 Å². The van der Waals surface area contributed by atoms with Crippen molar-refractivity contribution in [2.45, 2.75) is 13.0 Å². The van der Waals surface area contributed by atoms with Crippen LogP contribution in [-0.4, -0.2) is 53.7 Å². The zero-order chi connectivity index (χ0) is 30.8. The first-order valence-electron chi connectivity index (χ1n) is 14.9. The first-order chi connectivity index (χ1) is 22.1. The van der Waals surface area contributed by atoms with Gasteiger partial charge in [0, 0.05) is 82.0 Å². The van der Waals surface area contributed by atoms with Crippen LogP contribution in [-0.2, 0) is 22.5 Å². The average Bonchev–Trinajstić information content (AvgIpc) is 3.56. The Morgan fingerprint density at radius 1 is 1.07 bits per heavy atom. The number of ether oxygens (including phenoxy) is 2. The Labute approximate surface area is 264 Å². The Morgan fingerprint density at radius 3 is 2.89 bits per heavy atom. The summed E-state index contributed by atoms with van der Waals surface area (Å²) in [6, 6.07) is 16.9. The number of rotatable bonds is 2. The highest BCUT2D eigenvalue weighted by atomic mass is 32.1. The number of carbonyl (C=O) groups excluding carboxylic acids is 1. The first-order valence-corrected chi connectivity index (χ1v) is 15.8. The third-order valence-corrected chi connectivity index (χ3v) is 9.01. The van der Waals surface area contributed by atoms with Crippen molar-refractivity contribution in [2.24, 2.45) is 0 Å². The Morgan fingerprint density at radius 2 is 1.98 bits per heavy atom. The smallest absolute Gasteiger partial charge is 0.246 e. The number of fused-ring (bicyclic) bond motifs is 5. The zero-order valence-corrected chi connectivity index (χ0v) is 25.4. The van der Waals surface area contributed by atoms with Gasteiger partial charge in [0.25, 0.3) is 0 Å². The van der Waals surface area contributed by atoms with Crippen molar-refractivity contribution in [1.29, 1.82) is 0 Å². The molecule has 0 radical (unpaired) electrons. The van der Waals surface area contributed by atoms with Crippen LogP contribution < -0.4 is 10.1 Å². The average molecular weight is 619 g/mol. The van der Waals surface area contributed by atoms with E-state index in [0.717, 1.165) is 55.0 Å². The molecule has 2 aromatic carbocycles. The number of thiophene rings is 1.